The molecule has 2 aromatic rings. The number of carbonyl (C=O) groups is 1. The Hall–Kier alpha value is -2.89. The molecule has 30 heavy (non-hydrogen) atoms. The van der Waals surface area contributed by atoms with Crippen molar-refractivity contribution in [1.82, 2.24) is 10.2 Å². The summed E-state index contributed by atoms with van der Waals surface area (Å²) in [6.07, 6.45) is 1.83. The maximum Gasteiger partial charge on any atom is 0.317 e. The highest BCUT2D eigenvalue weighted by atomic mass is 16.5. The number of hydrogen-bond donors (Lipinski definition) is 1. The number of para-hydroxylation sites is 2. The van der Waals surface area contributed by atoms with Crippen molar-refractivity contribution in [2.24, 2.45) is 0 Å². The molecule has 1 saturated heterocycles. The quantitative estimate of drug-likeness (QED) is 0.715. The SMILES string of the molecule is CCOc1ccccc1N1CCN(C(=O)NC(C)CCc2ccc(OC)cc2)CC1. The van der Waals surface area contributed by atoms with Crippen molar-refractivity contribution in [3.63, 3.8) is 0 Å². The maximum atomic E-state index is 12.7. The second kappa shape index (κ2) is 10.8. The van der Waals surface area contributed by atoms with Gasteiger partial charge in [0, 0.05) is 32.2 Å². The molecule has 2 amide bonds. The fourth-order valence-corrected chi connectivity index (χ4v) is 3.70. The second-order valence-corrected chi connectivity index (χ2v) is 7.61. The van der Waals surface area contributed by atoms with Crippen molar-refractivity contribution < 1.29 is 14.3 Å². The molecule has 0 bridgehead atoms. The van der Waals surface area contributed by atoms with Crippen LogP contribution in [0.4, 0.5) is 10.5 Å². The minimum atomic E-state index is 0.0231. The summed E-state index contributed by atoms with van der Waals surface area (Å²) in [6, 6.07) is 16.4. The molecule has 6 nitrogen and oxygen atoms in total. The lowest BCUT2D eigenvalue weighted by Gasteiger charge is -2.37. The van der Waals surface area contributed by atoms with Crippen molar-refractivity contribution >= 4 is 11.7 Å². The Labute approximate surface area is 179 Å². The average Bonchev–Trinajstić information content (AvgIpc) is 2.79. The standard InChI is InChI=1S/C24H33N3O3/c1-4-30-23-8-6-5-7-22(23)26-15-17-27(18-16-26)24(28)25-19(2)9-10-20-11-13-21(29-3)14-12-20/h5-8,11-14,19H,4,9-10,15-18H2,1-3H3,(H,25,28). The molecule has 1 N–H and O–H groups in total. The number of carbonyl (C=O) groups excluding carboxylic acids is 1. The number of anilines is 1. The Morgan fingerprint density at radius 1 is 1.07 bits per heavy atom. The summed E-state index contributed by atoms with van der Waals surface area (Å²) in [5, 5.41) is 3.15. The number of rotatable bonds is 8. The number of benzene rings is 2. The molecule has 1 aliphatic rings. The van der Waals surface area contributed by atoms with Crippen molar-refractivity contribution in [2.75, 3.05) is 44.8 Å². The molecule has 6 heteroatoms. The molecule has 1 aliphatic heterocycles. The highest BCUT2D eigenvalue weighted by Gasteiger charge is 2.23. The molecule has 0 radical (unpaired) electrons. The molecule has 0 aliphatic carbocycles. The van der Waals surface area contributed by atoms with E-state index in [0.717, 1.165) is 43.1 Å². The van der Waals surface area contributed by atoms with Crippen LogP contribution < -0.4 is 19.7 Å². The van der Waals surface area contributed by atoms with Gasteiger partial charge in [-0.2, -0.15) is 0 Å². The van der Waals surface area contributed by atoms with Crippen LogP contribution in [0.5, 0.6) is 11.5 Å². The van der Waals surface area contributed by atoms with Crippen LogP contribution in [0.15, 0.2) is 48.5 Å². The van der Waals surface area contributed by atoms with Gasteiger partial charge < -0.3 is 24.6 Å². The normalized spacial score (nSPS) is 14.9. The minimum absolute atomic E-state index is 0.0231. The summed E-state index contributed by atoms with van der Waals surface area (Å²) >= 11 is 0. The number of piperazine rings is 1. The highest BCUT2D eigenvalue weighted by Crippen LogP contribution is 2.28. The Balaban J connectivity index is 1.44. The third kappa shape index (κ3) is 5.81. The lowest BCUT2D eigenvalue weighted by atomic mass is 10.1. The van der Waals surface area contributed by atoms with E-state index in [1.54, 1.807) is 7.11 Å². The molecule has 0 spiro atoms. The number of urea groups is 1. The number of amides is 2. The number of nitrogens with one attached hydrogen (secondary N) is 1. The molecule has 162 valence electrons. The van der Waals surface area contributed by atoms with Crippen LogP contribution >= 0.6 is 0 Å². The minimum Gasteiger partial charge on any atom is -0.497 e. The first kappa shape index (κ1) is 21.8. The van der Waals surface area contributed by atoms with E-state index in [-0.39, 0.29) is 12.1 Å². The number of methoxy groups -OCH3 is 1. The lowest BCUT2D eigenvalue weighted by molar-refractivity contribution is 0.190. The van der Waals surface area contributed by atoms with Gasteiger partial charge in [-0.15, -0.1) is 0 Å². The highest BCUT2D eigenvalue weighted by molar-refractivity contribution is 5.75. The van der Waals surface area contributed by atoms with Gasteiger partial charge in [-0.05, 0) is 56.5 Å². The van der Waals surface area contributed by atoms with E-state index in [4.69, 9.17) is 9.47 Å². The van der Waals surface area contributed by atoms with Gasteiger partial charge in [0.15, 0.2) is 0 Å². The van der Waals surface area contributed by atoms with Crippen LogP contribution in [-0.4, -0.2) is 56.9 Å². The zero-order chi connectivity index (χ0) is 21.3. The molecule has 0 saturated carbocycles. The largest absolute Gasteiger partial charge is 0.497 e. The predicted octanol–water partition coefficient (Wildman–Crippen LogP) is 3.95. The molecule has 1 fully saturated rings. The molecule has 1 heterocycles. The number of aryl methyl sites for hydroxylation is 1. The molecular formula is C24H33N3O3. The number of ether oxygens (including phenoxy) is 2. The van der Waals surface area contributed by atoms with Crippen LogP contribution in [-0.2, 0) is 6.42 Å². The third-order valence-electron chi connectivity index (χ3n) is 5.47. The Bertz CT molecular complexity index is 802. The van der Waals surface area contributed by atoms with Crippen LogP contribution in [0.1, 0.15) is 25.8 Å². The molecule has 0 aromatic heterocycles. The number of nitrogens with zero attached hydrogens (tertiary/aromatic N) is 2. The summed E-state index contributed by atoms with van der Waals surface area (Å²) in [5.74, 6) is 1.77. The predicted molar refractivity (Wildman–Crippen MR) is 121 cm³/mol. The van der Waals surface area contributed by atoms with Crippen molar-refractivity contribution in [3.05, 3.63) is 54.1 Å². The smallest absolute Gasteiger partial charge is 0.317 e. The first-order valence-electron chi connectivity index (χ1n) is 10.8. The Kier molecular flexibility index (Phi) is 7.82. The van der Waals surface area contributed by atoms with Gasteiger partial charge in [-0.3, -0.25) is 0 Å². The lowest BCUT2D eigenvalue weighted by Crippen LogP contribution is -2.53. The van der Waals surface area contributed by atoms with E-state index in [1.807, 2.05) is 42.2 Å². The Morgan fingerprint density at radius 2 is 1.77 bits per heavy atom. The van der Waals surface area contributed by atoms with Crippen LogP contribution in [0.25, 0.3) is 0 Å². The van der Waals surface area contributed by atoms with Gasteiger partial charge in [-0.25, -0.2) is 4.79 Å². The van der Waals surface area contributed by atoms with Gasteiger partial charge in [-0.1, -0.05) is 24.3 Å². The van der Waals surface area contributed by atoms with E-state index < -0.39 is 0 Å². The van der Waals surface area contributed by atoms with Gasteiger partial charge in [0.25, 0.3) is 0 Å². The molecule has 1 unspecified atom stereocenters. The zero-order valence-corrected chi connectivity index (χ0v) is 18.3. The second-order valence-electron chi connectivity index (χ2n) is 7.61. The van der Waals surface area contributed by atoms with Gasteiger partial charge in [0.2, 0.25) is 0 Å². The first-order valence-corrected chi connectivity index (χ1v) is 10.8. The van der Waals surface area contributed by atoms with Crippen molar-refractivity contribution in [3.8, 4) is 11.5 Å². The van der Waals surface area contributed by atoms with Crippen LogP contribution in [0.3, 0.4) is 0 Å². The van der Waals surface area contributed by atoms with E-state index in [2.05, 4.69) is 35.3 Å². The fraction of sp³-hybridized carbons (Fsp3) is 0.458. The molecule has 1 atom stereocenters. The summed E-state index contributed by atoms with van der Waals surface area (Å²) in [6.45, 7) is 7.73. The monoisotopic (exact) mass is 411 g/mol. The third-order valence-corrected chi connectivity index (χ3v) is 5.47. The van der Waals surface area contributed by atoms with Crippen LogP contribution in [0.2, 0.25) is 0 Å². The fourth-order valence-electron chi connectivity index (χ4n) is 3.70. The number of hydrogen-bond acceptors (Lipinski definition) is 4. The first-order chi connectivity index (χ1) is 14.6. The summed E-state index contributed by atoms with van der Waals surface area (Å²) < 4.78 is 10.9. The van der Waals surface area contributed by atoms with E-state index in [0.29, 0.717) is 19.7 Å². The van der Waals surface area contributed by atoms with E-state index in [9.17, 15) is 4.79 Å². The van der Waals surface area contributed by atoms with Gasteiger partial charge in [0.05, 0.1) is 19.4 Å². The zero-order valence-electron chi connectivity index (χ0n) is 18.3. The average molecular weight is 412 g/mol. The van der Waals surface area contributed by atoms with E-state index in [1.165, 1.54) is 5.56 Å². The summed E-state index contributed by atoms with van der Waals surface area (Å²) in [7, 11) is 1.67. The summed E-state index contributed by atoms with van der Waals surface area (Å²) in [5.41, 5.74) is 2.35. The Morgan fingerprint density at radius 3 is 2.43 bits per heavy atom. The van der Waals surface area contributed by atoms with E-state index >= 15 is 0 Å². The molecular weight excluding hydrogens is 378 g/mol. The van der Waals surface area contributed by atoms with Crippen molar-refractivity contribution in [1.29, 1.82) is 0 Å². The topological polar surface area (TPSA) is 54.0 Å². The molecule has 3 rings (SSSR count). The van der Waals surface area contributed by atoms with Crippen molar-refractivity contribution in [2.45, 2.75) is 32.7 Å². The molecule has 2 aromatic carbocycles. The van der Waals surface area contributed by atoms with Gasteiger partial charge >= 0.3 is 6.03 Å². The summed E-state index contributed by atoms with van der Waals surface area (Å²) in [4.78, 5) is 16.9. The maximum absolute atomic E-state index is 12.7. The van der Waals surface area contributed by atoms with Gasteiger partial charge in [0.1, 0.15) is 11.5 Å². The van der Waals surface area contributed by atoms with Crippen LogP contribution in [0, 0.1) is 0 Å².